The molecule has 1 aromatic rings. The number of hydrogen-bond acceptors (Lipinski definition) is 3. The second-order valence-electron chi connectivity index (χ2n) is 6.01. The van der Waals surface area contributed by atoms with Gasteiger partial charge in [0.25, 0.3) is 0 Å². The van der Waals surface area contributed by atoms with Gasteiger partial charge in [-0.3, -0.25) is 0 Å². The quantitative estimate of drug-likeness (QED) is 0.724. The highest BCUT2D eigenvalue weighted by molar-refractivity contribution is 5.15. The van der Waals surface area contributed by atoms with Gasteiger partial charge in [-0.1, -0.05) is 13.8 Å². The molecule has 0 bridgehead atoms. The van der Waals surface area contributed by atoms with Crippen LogP contribution in [0.4, 0.5) is 0 Å². The maximum atomic E-state index is 3.60. The largest absolute Gasteiger partial charge is 0.365 e. The molecule has 4 nitrogen and oxygen atoms in total. The summed E-state index contributed by atoms with van der Waals surface area (Å²) in [5.74, 6) is 0. The Morgan fingerprint density at radius 2 is 2.33 bits per heavy atom. The topological polar surface area (TPSA) is 43.1 Å². The highest BCUT2D eigenvalue weighted by Crippen LogP contribution is 2.19. The lowest BCUT2D eigenvalue weighted by atomic mass is 9.89. The standard InChI is InChI=1S/C14H26N4/c1-14(2,13-5-4-6-17-13)11-15-9-12-10-18(3)8-7-16-12/h4-6,12,15-17H,7-11H2,1-3H3. The number of rotatable bonds is 5. The van der Waals surface area contributed by atoms with Crippen molar-refractivity contribution < 1.29 is 0 Å². The third-order valence-electron chi connectivity index (χ3n) is 3.74. The minimum Gasteiger partial charge on any atom is -0.365 e. The lowest BCUT2D eigenvalue weighted by molar-refractivity contribution is 0.233. The number of aromatic amines is 1. The molecule has 2 heterocycles. The van der Waals surface area contributed by atoms with Crippen molar-refractivity contribution in [3.63, 3.8) is 0 Å². The minimum absolute atomic E-state index is 0.157. The van der Waals surface area contributed by atoms with E-state index in [0.717, 1.165) is 32.7 Å². The minimum atomic E-state index is 0.157. The van der Waals surface area contributed by atoms with Crippen LogP contribution in [0.1, 0.15) is 19.5 Å². The molecule has 1 fully saturated rings. The van der Waals surface area contributed by atoms with Crippen molar-refractivity contribution in [1.82, 2.24) is 20.5 Å². The first kappa shape index (κ1) is 13.6. The second kappa shape index (κ2) is 5.87. The van der Waals surface area contributed by atoms with Gasteiger partial charge in [0.05, 0.1) is 0 Å². The molecule has 2 rings (SSSR count). The Kier molecular flexibility index (Phi) is 4.43. The molecule has 0 amide bonds. The van der Waals surface area contributed by atoms with Crippen LogP contribution in [0.25, 0.3) is 0 Å². The summed E-state index contributed by atoms with van der Waals surface area (Å²) in [7, 11) is 2.19. The fraction of sp³-hybridized carbons (Fsp3) is 0.714. The summed E-state index contributed by atoms with van der Waals surface area (Å²) in [5.41, 5.74) is 1.45. The molecule has 0 spiro atoms. The van der Waals surface area contributed by atoms with E-state index in [2.05, 4.69) is 53.5 Å². The molecule has 0 saturated carbocycles. The monoisotopic (exact) mass is 250 g/mol. The Hall–Kier alpha value is -0.840. The summed E-state index contributed by atoms with van der Waals surface area (Å²) in [4.78, 5) is 5.70. The van der Waals surface area contributed by atoms with E-state index in [1.54, 1.807) is 0 Å². The van der Waals surface area contributed by atoms with Crippen molar-refractivity contribution in [2.75, 3.05) is 39.8 Å². The van der Waals surface area contributed by atoms with Crippen molar-refractivity contribution in [2.45, 2.75) is 25.3 Å². The molecule has 0 radical (unpaired) electrons. The maximum Gasteiger partial charge on any atom is 0.0320 e. The Labute approximate surface area is 110 Å². The number of nitrogens with zero attached hydrogens (tertiary/aromatic N) is 1. The van der Waals surface area contributed by atoms with Gasteiger partial charge in [-0.2, -0.15) is 0 Å². The van der Waals surface area contributed by atoms with Gasteiger partial charge in [-0.15, -0.1) is 0 Å². The van der Waals surface area contributed by atoms with E-state index in [1.165, 1.54) is 5.69 Å². The molecule has 4 heteroatoms. The van der Waals surface area contributed by atoms with E-state index in [4.69, 9.17) is 0 Å². The molecule has 0 aromatic carbocycles. The summed E-state index contributed by atoms with van der Waals surface area (Å²) < 4.78 is 0. The van der Waals surface area contributed by atoms with Gasteiger partial charge >= 0.3 is 0 Å². The average Bonchev–Trinajstić information content (AvgIpc) is 2.83. The van der Waals surface area contributed by atoms with Crippen LogP contribution in [0, 0.1) is 0 Å². The van der Waals surface area contributed by atoms with E-state index in [0.29, 0.717) is 6.04 Å². The van der Waals surface area contributed by atoms with E-state index in [1.807, 2.05) is 6.20 Å². The van der Waals surface area contributed by atoms with Crippen molar-refractivity contribution in [1.29, 1.82) is 0 Å². The average molecular weight is 250 g/mol. The van der Waals surface area contributed by atoms with Crippen LogP contribution in [0.5, 0.6) is 0 Å². The number of hydrogen-bond donors (Lipinski definition) is 3. The number of aromatic nitrogens is 1. The smallest absolute Gasteiger partial charge is 0.0320 e. The molecular weight excluding hydrogens is 224 g/mol. The Morgan fingerprint density at radius 3 is 3.00 bits per heavy atom. The summed E-state index contributed by atoms with van der Waals surface area (Å²) in [5, 5.41) is 7.15. The van der Waals surface area contributed by atoms with Crippen LogP contribution in [0.2, 0.25) is 0 Å². The summed E-state index contributed by atoms with van der Waals surface area (Å²) in [6, 6.07) is 4.80. The number of nitrogens with one attached hydrogen (secondary N) is 3. The first-order valence-corrected chi connectivity index (χ1v) is 6.84. The Bertz CT molecular complexity index is 345. The zero-order valence-electron chi connectivity index (χ0n) is 11.8. The molecule has 3 N–H and O–H groups in total. The van der Waals surface area contributed by atoms with Crippen LogP contribution >= 0.6 is 0 Å². The van der Waals surface area contributed by atoms with Gasteiger partial charge < -0.3 is 20.5 Å². The van der Waals surface area contributed by atoms with Crippen LogP contribution in [0.3, 0.4) is 0 Å². The van der Waals surface area contributed by atoms with Crippen LogP contribution in [-0.4, -0.2) is 55.7 Å². The van der Waals surface area contributed by atoms with E-state index in [9.17, 15) is 0 Å². The first-order valence-electron chi connectivity index (χ1n) is 6.84. The SMILES string of the molecule is CN1CCNC(CNCC(C)(C)c2ccc[nH]2)C1. The van der Waals surface area contributed by atoms with Gasteiger partial charge in [-0.05, 0) is 19.2 Å². The number of piperazine rings is 1. The molecule has 102 valence electrons. The Balaban J connectivity index is 1.74. The van der Waals surface area contributed by atoms with Crippen molar-refractivity contribution in [2.24, 2.45) is 0 Å². The predicted molar refractivity (Wildman–Crippen MR) is 76.0 cm³/mol. The second-order valence-corrected chi connectivity index (χ2v) is 6.01. The zero-order chi connectivity index (χ0) is 13.0. The van der Waals surface area contributed by atoms with E-state index >= 15 is 0 Å². The van der Waals surface area contributed by atoms with E-state index < -0.39 is 0 Å². The van der Waals surface area contributed by atoms with Crippen molar-refractivity contribution >= 4 is 0 Å². The molecule has 1 aliphatic rings. The Morgan fingerprint density at radius 1 is 1.50 bits per heavy atom. The van der Waals surface area contributed by atoms with Crippen LogP contribution < -0.4 is 10.6 Å². The van der Waals surface area contributed by atoms with Gasteiger partial charge in [0, 0.05) is 56.1 Å². The highest BCUT2D eigenvalue weighted by Gasteiger charge is 2.22. The lowest BCUT2D eigenvalue weighted by Gasteiger charge is -2.32. The van der Waals surface area contributed by atoms with Gasteiger partial charge in [0.1, 0.15) is 0 Å². The number of H-pyrrole nitrogens is 1. The van der Waals surface area contributed by atoms with Crippen LogP contribution in [-0.2, 0) is 5.41 Å². The molecule has 1 aromatic heterocycles. The molecule has 1 saturated heterocycles. The molecule has 0 aliphatic carbocycles. The molecular formula is C14H26N4. The molecule has 18 heavy (non-hydrogen) atoms. The van der Waals surface area contributed by atoms with Gasteiger partial charge in [0.15, 0.2) is 0 Å². The van der Waals surface area contributed by atoms with Gasteiger partial charge in [0.2, 0.25) is 0 Å². The first-order chi connectivity index (χ1) is 8.58. The van der Waals surface area contributed by atoms with Crippen molar-refractivity contribution in [3.8, 4) is 0 Å². The third kappa shape index (κ3) is 3.57. The fourth-order valence-corrected chi connectivity index (χ4v) is 2.53. The lowest BCUT2D eigenvalue weighted by Crippen LogP contribution is -2.53. The predicted octanol–water partition coefficient (Wildman–Crippen LogP) is 0.786. The van der Waals surface area contributed by atoms with Gasteiger partial charge in [-0.25, -0.2) is 0 Å². The fourth-order valence-electron chi connectivity index (χ4n) is 2.53. The number of likely N-dealkylation sites (N-methyl/N-ethyl adjacent to an activating group) is 1. The zero-order valence-corrected chi connectivity index (χ0v) is 11.8. The highest BCUT2D eigenvalue weighted by atomic mass is 15.2. The molecule has 1 unspecified atom stereocenters. The molecule has 1 aliphatic heterocycles. The maximum absolute atomic E-state index is 3.60. The summed E-state index contributed by atoms with van der Waals surface area (Å²) in [6.45, 7) is 9.96. The summed E-state index contributed by atoms with van der Waals surface area (Å²) in [6.07, 6.45) is 1.99. The van der Waals surface area contributed by atoms with Crippen molar-refractivity contribution in [3.05, 3.63) is 24.0 Å². The normalized spacial score (nSPS) is 22.3. The van der Waals surface area contributed by atoms with Crippen LogP contribution in [0.15, 0.2) is 18.3 Å². The van der Waals surface area contributed by atoms with E-state index in [-0.39, 0.29) is 5.41 Å². The molecule has 1 atom stereocenters. The summed E-state index contributed by atoms with van der Waals surface area (Å²) >= 11 is 0. The third-order valence-corrected chi connectivity index (χ3v) is 3.74.